The van der Waals surface area contributed by atoms with Crippen LogP contribution in [0.3, 0.4) is 0 Å². The van der Waals surface area contributed by atoms with E-state index in [1.165, 1.54) is 23.3 Å². The van der Waals surface area contributed by atoms with Gasteiger partial charge in [0.15, 0.2) is 0 Å². The molecule has 0 aliphatic carbocycles. The fourth-order valence-electron chi connectivity index (χ4n) is 2.39. The fraction of sp³-hybridized carbons (Fsp3) is 0.316. The van der Waals surface area contributed by atoms with Gasteiger partial charge in [-0.3, -0.25) is 0 Å². The molecule has 1 heterocycles. The molecule has 0 spiro atoms. The second-order valence-electron chi connectivity index (χ2n) is 5.99. The van der Waals surface area contributed by atoms with Crippen LogP contribution in [-0.2, 0) is 12.8 Å². The highest BCUT2D eigenvalue weighted by Crippen LogP contribution is 2.31. The molecule has 3 heteroatoms. The van der Waals surface area contributed by atoms with Crippen LogP contribution < -0.4 is 5.63 Å². The molecule has 1 N–H and O–H groups in total. The minimum atomic E-state index is -0.405. The van der Waals surface area contributed by atoms with Gasteiger partial charge in [-0.05, 0) is 52.2 Å². The minimum Gasteiger partial charge on any atom is -0.508 e. The lowest BCUT2D eigenvalue weighted by Gasteiger charge is -2.12. The minimum absolute atomic E-state index is 0.177. The van der Waals surface area contributed by atoms with Crippen LogP contribution in [-0.4, -0.2) is 5.11 Å². The Hall–Kier alpha value is -2.29. The van der Waals surface area contributed by atoms with Crippen LogP contribution in [0, 0.1) is 0 Å². The van der Waals surface area contributed by atoms with Gasteiger partial charge in [0.2, 0.25) is 0 Å². The maximum Gasteiger partial charge on any atom is 0.336 e. The van der Waals surface area contributed by atoms with Gasteiger partial charge in [0.05, 0.1) is 0 Å². The Kier molecular flexibility index (Phi) is 4.86. The zero-order valence-corrected chi connectivity index (χ0v) is 13.6. The lowest BCUT2D eigenvalue weighted by Crippen LogP contribution is -2.00. The first-order chi connectivity index (χ1) is 10.4. The van der Waals surface area contributed by atoms with E-state index in [1.807, 2.05) is 27.7 Å². The Bertz CT molecular complexity index is 799. The van der Waals surface area contributed by atoms with Crippen molar-refractivity contribution in [2.75, 3.05) is 0 Å². The van der Waals surface area contributed by atoms with Crippen LogP contribution in [0.15, 0.2) is 50.7 Å². The predicted molar refractivity (Wildman–Crippen MR) is 90.4 cm³/mol. The number of hydrogen-bond donors (Lipinski definition) is 1. The van der Waals surface area contributed by atoms with Gasteiger partial charge in [-0.15, -0.1) is 0 Å². The summed E-state index contributed by atoms with van der Waals surface area (Å²) in [5.74, 6) is 0.177. The Morgan fingerprint density at radius 3 is 2.23 bits per heavy atom. The highest BCUT2D eigenvalue weighted by molar-refractivity contribution is 5.84. The van der Waals surface area contributed by atoms with Crippen LogP contribution in [0.4, 0.5) is 0 Å². The van der Waals surface area contributed by atoms with Crippen molar-refractivity contribution in [3.05, 3.63) is 63.0 Å². The van der Waals surface area contributed by atoms with Crippen LogP contribution in [0.1, 0.15) is 38.8 Å². The molecule has 0 fully saturated rings. The molecule has 0 unspecified atom stereocenters. The summed E-state index contributed by atoms with van der Waals surface area (Å²) in [7, 11) is 0. The van der Waals surface area contributed by atoms with Crippen molar-refractivity contribution in [2.45, 2.75) is 40.5 Å². The van der Waals surface area contributed by atoms with Crippen molar-refractivity contribution in [1.29, 1.82) is 0 Å². The van der Waals surface area contributed by atoms with E-state index in [-0.39, 0.29) is 5.75 Å². The molecule has 0 bridgehead atoms. The maximum absolute atomic E-state index is 11.4. The number of rotatable bonds is 4. The van der Waals surface area contributed by atoms with Gasteiger partial charge in [-0.25, -0.2) is 4.79 Å². The smallest absolute Gasteiger partial charge is 0.336 e. The summed E-state index contributed by atoms with van der Waals surface area (Å²) in [4.78, 5) is 11.4. The highest BCUT2D eigenvalue weighted by Gasteiger charge is 2.13. The average molecular weight is 298 g/mol. The van der Waals surface area contributed by atoms with E-state index in [1.54, 1.807) is 6.07 Å². The molecular formula is C19H22O3. The number of phenolic OH excluding ortho intramolecular Hbond substituents is 1. The second-order valence-corrected chi connectivity index (χ2v) is 5.99. The number of hydrogen-bond acceptors (Lipinski definition) is 3. The van der Waals surface area contributed by atoms with Crippen molar-refractivity contribution >= 4 is 11.0 Å². The summed E-state index contributed by atoms with van der Waals surface area (Å²) in [6.07, 6.45) is 5.57. The van der Waals surface area contributed by atoms with Crippen LogP contribution >= 0.6 is 0 Å². The van der Waals surface area contributed by atoms with Crippen LogP contribution in [0.2, 0.25) is 0 Å². The summed E-state index contributed by atoms with van der Waals surface area (Å²) in [5.41, 5.74) is 4.34. The third-order valence-corrected chi connectivity index (χ3v) is 3.56. The third-order valence-electron chi connectivity index (χ3n) is 3.56. The molecule has 22 heavy (non-hydrogen) atoms. The molecule has 0 saturated heterocycles. The summed E-state index contributed by atoms with van der Waals surface area (Å²) in [6.45, 7) is 8.15. The van der Waals surface area contributed by atoms with Crippen molar-refractivity contribution in [1.82, 2.24) is 0 Å². The normalized spacial score (nSPS) is 10.5. The summed E-state index contributed by atoms with van der Waals surface area (Å²) >= 11 is 0. The number of fused-ring (bicyclic) bond motifs is 1. The fourth-order valence-corrected chi connectivity index (χ4v) is 2.39. The average Bonchev–Trinajstić information content (AvgIpc) is 2.42. The third kappa shape index (κ3) is 3.67. The van der Waals surface area contributed by atoms with Crippen LogP contribution in [0.5, 0.6) is 5.75 Å². The van der Waals surface area contributed by atoms with Gasteiger partial charge in [0, 0.05) is 23.1 Å². The molecule has 1 aromatic carbocycles. The van der Waals surface area contributed by atoms with Crippen molar-refractivity contribution in [3.8, 4) is 5.75 Å². The first kappa shape index (κ1) is 16.1. The Morgan fingerprint density at radius 2 is 1.64 bits per heavy atom. The van der Waals surface area contributed by atoms with E-state index in [0.717, 1.165) is 16.5 Å². The van der Waals surface area contributed by atoms with E-state index < -0.39 is 5.63 Å². The molecule has 0 amide bonds. The number of phenols is 1. The summed E-state index contributed by atoms with van der Waals surface area (Å²) < 4.78 is 5.22. The first-order valence-electron chi connectivity index (χ1n) is 7.42. The molecule has 116 valence electrons. The molecule has 1 aromatic heterocycles. The molecule has 2 rings (SSSR count). The molecule has 0 aliphatic rings. The van der Waals surface area contributed by atoms with E-state index in [0.29, 0.717) is 18.4 Å². The van der Waals surface area contributed by atoms with Gasteiger partial charge in [-0.2, -0.15) is 0 Å². The lowest BCUT2D eigenvalue weighted by molar-refractivity contribution is 0.466. The zero-order chi connectivity index (χ0) is 16.3. The van der Waals surface area contributed by atoms with E-state index >= 15 is 0 Å². The highest BCUT2D eigenvalue weighted by atomic mass is 16.4. The Balaban J connectivity index is 2.69. The van der Waals surface area contributed by atoms with E-state index in [9.17, 15) is 9.90 Å². The largest absolute Gasteiger partial charge is 0.508 e. The molecule has 0 saturated carbocycles. The van der Waals surface area contributed by atoms with Crippen molar-refractivity contribution < 1.29 is 9.52 Å². The van der Waals surface area contributed by atoms with Gasteiger partial charge in [0.1, 0.15) is 11.3 Å². The molecular weight excluding hydrogens is 276 g/mol. The first-order valence-corrected chi connectivity index (χ1v) is 7.42. The summed E-state index contributed by atoms with van der Waals surface area (Å²) in [6, 6.07) is 4.74. The lowest BCUT2D eigenvalue weighted by atomic mass is 9.95. The molecule has 0 atom stereocenters. The van der Waals surface area contributed by atoms with E-state index in [4.69, 9.17) is 4.42 Å². The van der Waals surface area contributed by atoms with Gasteiger partial charge in [0.25, 0.3) is 0 Å². The number of aromatic hydroxyl groups is 1. The van der Waals surface area contributed by atoms with Gasteiger partial charge < -0.3 is 9.52 Å². The second kappa shape index (κ2) is 6.65. The van der Waals surface area contributed by atoms with Crippen LogP contribution in [0.25, 0.3) is 11.0 Å². The predicted octanol–water partition coefficient (Wildman–Crippen LogP) is 4.52. The maximum atomic E-state index is 11.4. The van der Waals surface area contributed by atoms with Gasteiger partial charge in [-0.1, -0.05) is 23.3 Å². The van der Waals surface area contributed by atoms with Crippen molar-refractivity contribution in [2.24, 2.45) is 0 Å². The molecule has 0 aliphatic heterocycles. The zero-order valence-electron chi connectivity index (χ0n) is 13.6. The van der Waals surface area contributed by atoms with Gasteiger partial charge >= 0.3 is 5.63 Å². The van der Waals surface area contributed by atoms with E-state index in [2.05, 4.69) is 12.2 Å². The topological polar surface area (TPSA) is 50.4 Å². The monoisotopic (exact) mass is 298 g/mol. The number of benzene rings is 1. The molecule has 2 aromatic rings. The number of allylic oxidation sites excluding steroid dienone is 4. The van der Waals surface area contributed by atoms with Crippen molar-refractivity contribution in [3.63, 3.8) is 0 Å². The quantitative estimate of drug-likeness (QED) is 0.667. The molecule has 3 nitrogen and oxygen atoms in total. The SMILES string of the molecule is CC(C)=CCc1c(O)cc2oc(=O)ccc2c1CC=C(C)C. The Morgan fingerprint density at radius 1 is 1.05 bits per heavy atom. The molecule has 0 radical (unpaired) electrons. The standard InChI is InChI=1S/C19H22O3/c1-12(2)5-7-14-15(8-6-13(3)4)17(20)11-18-16(14)9-10-19(21)22-18/h5-6,9-11,20H,7-8H2,1-4H3. The summed E-state index contributed by atoms with van der Waals surface area (Å²) in [5, 5.41) is 11.2. The Labute approximate surface area is 130 Å².